The van der Waals surface area contributed by atoms with Crippen molar-refractivity contribution in [2.45, 2.75) is 45.4 Å². The van der Waals surface area contributed by atoms with Crippen LogP contribution < -0.4 is 5.32 Å². The average Bonchev–Trinajstić information content (AvgIpc) is 2.99. The normalized spacial score (nSPS) is 10.6. The highest BCUT2D eigenvalue weighted by atomic mass is 32.1. The summed E-state index contributed by atoms with van der Waals surface area (Å²) in [5.74, 6) is -0.809. The van der Waals surface area contributed by atoms with Crippen molar-refractivity contribution in [2.75, 3.05) is 6.54 Å². The zero-order valence-corrected chi connectivity index (χ0v) is 15.3. The van der Waals surface area contributed by atoms with Gasteiger partial charge in [-0.2, -0.15) is 0 Å². The van der Waals surface area contributed by atoms with E-state index < -0.39 is 5.97 Å². The maximum Gasteiger partial charge on any atom is 0.303 e. The predicted molar refractivity (Wildman–Crippen MR) is 100.0 cm³/mol. The van der Waals surface area contributed by atoms with Gasteiger partial charge in [-0.05, 0) is 19.8 Å². The number of aryl methyl sites for hydroxylation is 1. The Kier molecular flexibility index (Phi) is 7.60. The van der Waals surface area contributed by atoms with E-state index in [1.807, 2.05) is 37.3 Å². The first-order valence-electron chi connectivity index (χ1n) is 8.61. The fourth-order valence-corrected chi connectivity index (χ4v) is 3.44. The highest BCUT2D eigenvalue weighted by molar-refractivity contribution is 7.14. The van der Waals surface area contributed by atoms with Gasteiger partial charge in [-0.1, -0.05) is 49.6 Å². The number of hydrogen-bond donors (Lipinski definition) is 2. The molecular weight excluding hydrogens is 336 g/mol. The summed E-state index contributed by atoms with van der Waals surface area (Å²) >= 11 is 1.42. The molecule has 134 valence electrons. The molecule has 0 saturated carbocycles. The number of amides is 1. The molecule has 0 bridgehead atoms. The molecule has 0 atom stereocenters. The average molecular weight is 360 g/mol. The number of aliphatic carboxylic acids is 1. The number of carbonyl (C=O) groups is 2. The molecule has 2 N–H and O–H groups in total. The smallest absolute Gasteiger partial charge is 0.303 e. The number of thiazole rings is 1. The molecule has 6 heteroatoms. The first kappa shape index (κ1) is 19.1. The third kappa shape index (κ3) is 6.31. The number of hydrogen-bond acceptors (Lipinski definition) is 4. The van der Waals surface area contributed by atoms with Crippen LogP contribution in [0, 0.1) is 6.92 Å². The maximum atomic E-state index is 12.5. The molecule has 25 heavy (non-hydrogen) atoms. The van der Waals surface area contributed by atoms with Gasteiger partial charge in [-0.3, -0.25) is 9.59 Å². The van der Waals surface area contributed by atoms with Crippen molar-refractivity contribution in [1.82, 2.24) is 10.3 Å². The molecule has 5 nitrogen and oxygen atoms in total. The summed E-state index contributed by atoms with van der Waals surface area (Å²) in [7, 11) is 0. The second kappa shape index (κ2) is 9.93. The van der Waals surface area contributed by atoms with Crippen LogP contribution in [0.1, 0.15) is 53.2 Å². The summed E-state index contributed by atoms with van der Waals surface area (Å²) in [6.07, 6.45) is 4.78. The molecule has 1 aromatic heterocycles. The van der Waals surface area contributed by atoms with E-state index in [1.54, 1.807) is 0 Å². The van der Waals surface area contributed by atoms with Crippen LogP contribution in [0.15, 0.2) is 30.3 Å². The zero-order valence-electron chi connectivity index (χ0n) is 14.5. The summed E-state index contributed by atoms with van der Waals surface area (Å²) in [5.41, 5.74) is 1.70. The fourth-order valence-electron chi connectivity index (χ4n) is 2.59. The van der Waals surface area contributed by atoms with Gasteiger partial charge in [0.1, 0.15) is 4.88 Å². The minimum absolute atomic E-state index is 0.0738. The molecule has 0 fully saturated rings. The molecule has 2 rings (SSSR count). The Bertz CT molecular complexity index is 698. The Labute approximate surface area is 152 Å². The summed E-state index contributed by atoms with van der Waals surface area (Å²) in [5, 5.41) is 12.4. The highest BCUT2D eigenvalue weighted by Crippen LogP contribution is 2.27. The largest absolute Gasteiger partial charge is 0.481 e. The number of aromatic nitrogens is 1. The van der Waals surface area contributed by atoms with Crippen LogP contribution >= 0.6 is 11.3 Å². The molecule has 1 aromatic carbocycles. The molecule has 0 aliphatic rings. The van der Waals surface area contributed by atoms with Gasteiger partial charge in [0.05, 0.1) is 10.7 Å². The summed E-state index contributed by atoms with van der Waals surface area (Å²) in [6.45, 7) is 2.54. The number of carboxylic acid groups (broad SMARTS) is 1. The number of carboxylic acids is 1. The van der Waals surface area contributed by atoms with Crippen molar-refractivity contribution in [3.63, 3.8) is 0 Å². The van der Waals surface area contributed by atoms with Crippen LogP contribution in [0.25, 0.3) is 11.3 Å². The molecule has 0 unspecified atom stereocenters. The number of nitrogens with one attached hydrogen (secondary N) is 1. The van der Waals surface area contributed by atoms with Crippen LogP contribution in [0.2, 0.25) is 0 Å². The Morgan fingerprint density at radius 3 is 2.48 bits per heavy atom. The predicted octanol–water partition coefficient (Wildman–Crippen LogP) is 4.27. The van der Waals surface area contributed by atoms with Crippen LogP contribution in [0.3, 0.4) is 0 Å². The molecule has 2 aromatic rings. The number of nitrogens with zero attached hydrogens (tertiary/aromatic N) is 1. The lowest BCUT2D eigenvalue weighted by Gasteiger charge is -2.05. The number of benzene rings is 1. The van der Waals surface area contributed by atoms with Gasteiger partial charge < -0.3 is 10.4 Å². The minimum Gasteiger partial charge on any atom is -0.481 e. The van der Waals surface area contributed by atoms with Gasteiger partial charge in [0.15, 0.2) is 0 Å². The third-order valence-electron chi connectivity index (χ3n) is 3.84. The van der Waals surface area contributed by atoms with Gasteiger partial charge in [-0.25, -0.2) is 4.98 Å². The first-order valence-corrected chi connectivity index (χ1v) is 9.42. The Morgan fingerprint density at radius 1 is 1.08 bits per heavy atom. The van der Waals surface area contributed by atoms with Gasteiger partial charge in [-0.15, -0.1) is 11.3 Å². The second-order valence-corrected chi connectivity index (χ2v) is 7.15. The van der Waals surface area contributed by atoms with E-state index in [-0.39, 0.29) is 12.3 Å². The molecule has 0 radical (unpaired) electrons. The second-order valence-electron chi connectivity index (χ2n) is 5.94. The molecule has 0 aliphatic carbocycles. The van der Waals surface area contributed by atoms with Crippen molar-refractivity contribution in [1.29, 1.82) is 0 Å². The SMILES string of the molecule is Cc1nc(-c2ccccc2)c(C(=O)NCCCCCCCC(=O)O)s1. The van der Waals surface area contributed by atoms with Gasteiger partial charge in [0, 0.05) is 18.5 Å². The van der Waals surface area contributed by atoms with E-state index in [2.05, 4.69) is 10.3 Å². The van der Waals surface area contributed by atoms with E-state index in [0.29, 0.717) is 11.4 Å². The van der Waals surface area contributed by atoms with Gasteiger partial charge in [0.25, 0.3) is 5.91 Å². The minimum atomic E-state index is -0.735. The van der Waals surface area contributed by atoms with Crippen molar-refractivity contribution in [3.05, 3.63) is 40.2 Å². The summed E-state index contributed by atoms with van der Waals surface area (Å²) in [4.78, 5) is 28.0. The van der Waals surface area contributed by atoms with Crippen LogP contribution in [0.4, 0.5) is 0 Å². The standard InChI is InChI=1S/C19H24N2O3S/c1-14-21-17(15-10-6-5-7-11-15)18(25-14)19(24)20-13-9-4-2-3-8-12-16(22)23/h5-7,10-11H,2-4,8-9,12-13H2,1H3,(H,20,24)(H,22,23). The third-order valence-corrected chi connectivity index (χ3v) is 4.81. The monoisotopic (exact) mass is 360 g/mol. The van der Waals surface area contributed by atoms with Crippen LogP contribution in [-0.4, -0.2) is 28.5 Å². The summed E-state index contributed by atoms with van der Waals surface area (Å²) < 4.78 is 0. The van der Waals surface area contributed by atoms with E-state index in [1.165, 1.54) is 11.3 Å². The fraction of sp³-hybridized carbons (Fsp3) is 0.421. The molecule has 0 saturated heterocycles. The van der Waals surface area contributed by atoms with E-state index in [0.717, 1.165) is 48.4 Å². The molecular formula is C19H24N2O3S. The topological polar surface area (TPSA) is 79.3 Å². The quantitative estimate of drug-likeness (QED) is 0.620. The van der Waals surface area contributed by atoms with E-state index >= 15 is 0 Å². The van der Waals surface area contributed by atoms with Crippen molar-refractivity contribution in [3.8, 4) is 11.3 Å². The van der Waals surface area contributed by atoms with E-state index in [9.17, 15) is 9.59 Å². The number of rotatable bonds is 10. The highest BCUT2D eigenvalue weighted by Gasteiger charge is 2.17. The van der Waals surface area contributed by atoms with Crippen LogP contribution in [0.5, 0.6) is 0 Å². The molecule has 1 amide bonds. The van der Waals surface area contributed by atoms with Crippen molar-refractivity contribution in [2.24, 2.45) is 0 Å². The first-order chi connectivity index (χ1) is 12.1. The van der Waals surface area contributed by atoms with Gasteiger partial charge in [0.2, 0.25) is 0 Å². The van der Waals surface area contributed by atoms with Crippen LogP contribution in [-0.2, 0) is 4.79 Å². The Balaban J connectivity index is 1.77. The zero-order chi connectivity index (χ0) is 18.1. The summed E-state index contributed by atoms with van der Waals surface area (Å²) in [6, 6.07) is 9.75. The van der Waals surface area contributed by atoms with Crippen molar-refractivity contribution < 1.29 is 14.7 Å². The number of unbranched alkanes of at least 4 members (excludes halogenated alkanes) is 4. The Morgan fingerprint density at radius 2 is 1.76 bits per heavy atom. The molecule has 0 spiro atoms. The Hall–Kier alpha value is -2.21. The molecule has 0 aliphatic heterocycles. The lowest BCUT2D eigenvalue weighted by atomic mass is 10.1. The number of carbonyl (C=O) groups excluding carboxylic acids is 1. The lowest BCUT2D eigenvalue weighted by Crippen LogP contribution is -2.24. The maximum absolute atomic E-state index is 12.5. The van der Waals surface area contributed by atoms with Gasteiger partial charge >= 0.3 is 5.97 Å². The lowest BCUT2D eigenvalue weighted by molar-refractivity contribution is -0.137. The molecule has 1 heterocycles. The van der Waals surface area contributed by atoms with E-state index in [4.69, 9.17) is 5.11 Å². The van der Waals surface area contributed by atoms with Crippen molar-refractivity contribution >= 4 is 23.2 Å².